The number of thiophene rings is 1. The van der Waals surface area contributed by atoms with E-state index in [9.17, 15) is 4.79 Å². The molecule has 3 nitrogen and oxygen atoms in total. The highest BCUT2D eigenvalue weighted by atomic mass is 32.1. The van der Waals surface area contributed by atoms with Crippen LogP contribution >= 0.6 is 11.3 Å². The molecule has 0 saturated heterocycles. The lowest BCUT2D eigenvalue weighted by Gasteiger charge is -2.02. The average Bonchev–Trinajstić information content (AvgIpc) is 2.68. The fourth-order valence-electron chi connectivity index (χ4n) is 1.03. The van der Waals surface area contributed by atoms with Gasteiger partial charge in [-0.25, -0.2) is 0 Å². The summed E-state index contributed by atoms with van der Waals surface area (Å²) in [5, 5.41) is 1.97. The molecule has 2 N–H and O–H groups in total. The maximum Gasteiger partial charge on any atom is 0.306 e. The Kier molecular flexibility index (Phi) is 5.25. The van der Waals surface area contributed by atoms with E-state index in [4.69, 9.17) is 10.5 Å². The summed E-state index contributed by atoms with van der Waals surface area (Å²) in [4.78, 5) is 12.2. The Morgan fingerprint density at radius 1 is 1.50 bits per heavy atom. The zero-order valence-electron chi connectivity index (χ0n) is 8.07. The van der Waals surface area contributed by atoms with Gasteiger partial charge in [-0.05, 0) is 30.8 Å². The summed E-state index contributed by atoms with van der Waals surface area (Å²) in [6.07, 6.45) is 2.18. The molecule has 0 aliphatic heterocycles. The van der Waals surface area contributed by atoms with Crippen LogP contribution in [0.4, 0.5) is 0 Å². The summed E-state index contributed by atoms with van der Waals surface area (Å²) >= 11 is 1.60. The average molecular weight is 213 g/mol. The number of carbonyl (C=O) groups is 1. The SMILES string of the molecule is NCCCCC(=O)OCc1cccs1. The van der Waals surface area contributed by atoms with Crippen LogP contribution in [0.3, 0.4) is 0 Å². The molecular weight excluding hydrogens is 198 g/mol. The van der Waals surface area contributed by atoms with Crippen molar-refractivity contribution in [1.82, 2.24) is 0 Å². The minimum atomic E-state index is -0.133. The van der Waals surface area contributed by atoms with Gasteiger partial charge in [-0.2, -0.15) is 0 Å². The second kappa shape index (κ2) is 6.56. The highest BCUT2D eigenvalue weighted by molar-refractivity contribution is 7.09. The first kappa shape index (κ1) is 11.2. The fraction of sp³-hybridized carbons (Fsp3) is 0.500. The molecule has 0 radical (unpaired) electrons. The lowest BCUT2D eigenvalue weighted by Crippen LogP contribution is -2.05. The number of hydrogen-bond acceptors (Lipinski definition) is 4. The lowest BCUT2D eigenvalue weighted by molar-refractivity contribution is -0.144. The summed E-state index contributed by atoms with van der Waals surface area (Å²) in [6, 6.07) is 3.90. The minimum absolute atomic E-state index is 0.133. The normalized spacial score (nSPS) is 10.1. The van der Waals surface area contributed by atoms with Gasteiger partial charge >= 0.3 is 5.97 Å². The van der Waals surface area contributed by atoms with Gasteiger partial charge in [0.25, 0.3) is 0 Å². The Labute approximate surface area is 87.9 Å². The van der Waals surface area contributed by atoms with Gasteiger partial charge in [-0.1, -0.05) is 6.07 Å². The summed E-state index contributed by atoms with van der Waals surface area (Å²) in [7, 11) is 0. The number of nitrogens with two attached hydrogens (primary N) is 1. The van der Waals surface area contributed by atoms with E-state index in [2.05, 4.69) is 0 Å². The molecule has 0 atom stereocenters. The van der Waals surface area contributed by atoms with Gasteiger partial charge < -0.3 is 10.5 Å². The molecule has 0 aromatic carbocycles. The van der Waals surface area contributed by atoms with E-state index in [1.165, 1.54) is 0 Å². The molecule has 78 valence electrons. The summed E-state index contributed by atoms with van der Waals surface area (Å²) in [5.41, 5.74) is 5.32. The van der Waals surface area contributed by atoms with Crippen molar-refractivity contribution >= 4 is 17.3 Å². The highest BCUT2D eigenvalue weighted by Gasteiger charge is 2.02. The number of carbonyl (C=O) groups excluding carboxylic acids is 1. The van der Waals surface area contributed by atoms with Crippen LogP contribution in [0.1, 0.15) is 24.1 Å². The molecule has 14 heavy (non-hydrogen) atoms. The molecule has 0 unspecified atom stereocenters. The maximum absolute atomic E-state index is 11.2. The summed E-state index contributed by atoms with van der Waals surface area (Å²) in [5.74, 6) is -0.133. The maximum atomic E-state index is 11.2. The van der Waals surface area contributed by atoms with Crippen LogP contribution in [0, 0.1) is 0 Å². The topological polar surface area (TPSA) is 52.3 Å². The Morgan fingerprint density at radius 3 is 3.00 bits per heavy atom. The Morgan fingerprint density at radius 2 is 2.36 bits per heavy atom. The van der Waals surface area contributed by atoms with Gasteiger partial charge in [-0.3, -0.25) is 4.79 Å². The van der Waals surface area contributed by atoms with Crippen LogP contribution in [0.5, 0.6) is 0 Å². The van der Waals surface area contributed by atoms with Crippen molar-refractivity contribution in [2.45, 2.75) is 25.9 Å². The Bertz CT molecular complexity index is 259. The first-order valence-electron chi connectivity index (χ1n) is 4.71. The fourth-order valence-corrected chi connectivity index (χ4v) is 1.65. The lowest BCUT2D eigenvalue weighted by atomic mass is 10.2. The molecule has 0 amide bonds. The van der Waals surface area contributed by atoms with Crippen LogP contribution < -0.4 is 5.73 Å². The summed E-state index contributed by atoms with van der Waals surface area (Å²) < 4.78 is 5.06. The zero-order chi connectivity index (χ0) is 10.2. The van der Waals surface area contributed by atoms with Crippen LogP contribution in [-0.4, -0.2) is 12.5 Å². The molecule has 1 aromatic heterocycles. The third-order valence-electron chi connectivity index (χ3n) is 1.79. The van der Waals surface area contributed by atoms with Crippen LogP contribution in [-0.2, 0) is 16.1 Å². The largest absolute Gasteiger partial charge is 0.460 e. The predicted octanol–water partition coefficient (Wildman–Crippen LogP) is 1.92. The minimum Gasteiger partial charge on any atom is -0.460 e. The number of esters is 1. The van der Waals surface area contributed by atoms with E-state index < -0.39 is 0 Å². The van der Waals surface area contributed by atoms with E-state index in [0.717, 1.165) is 17.7 Å². The number of unbranched alkanes of at least 4 members (excludes halogenated alkanes) is 1. The molecule has 0 spiro atoms. The van der Waals surface area contributed by atoms with Gasteiger partial charge in [0.15, 0.2) is 0 Å². The third-order valence-corrected chi connectivity index (χ3v) is 2.64. The van der Waals surface area contributed by atoms with Crippen molar-refractivity contribution in [3.63, 3.8) is 0 Å². The van der Waals surface area contributed by atoms with Gasteiger partial charge in [-0.15, -0.1) is 11.3 Å². The number of hydrogen-bond donors (Lipinski definition) is 1. The Hall–Kier alpha value is -0.870. The zero-order valence-corrected chi connectivity index (χ0v) is 8.89. The highest BCUT2D eigenvalue weighted by Crippen LogP contribution is 2.10. The van der Waals surface area contributed by atoms with Crippen molar-refractivity contribution in [3.8, 4) is 0 Å². The summed E-state index contributed by atoms with van der Waals surface area (Å²) in [6.45, 7) is 1.04. The number of rotatable bonds is 6. The smallest absolute Gasteiger partial charge is 0.306 e. The van der Waals surface area contributed by atoms with Gasteiger partial charge in [0.1, 0.15) is 6.61 Å². The molecule has 0 aliphatic rings. The molecule has 0 fully saturated rings. The van der Waals surface area contributed by atoms with Crippen LogP contribution in [0.2, 0.25) is 0 Å². The third kappa shape index (κ3) is 4.39. The first-order valence-corrected chi connectivity index (χ1v) is 5.59. The molecule has 0 aliphatic carbocycles. The predicted molar refractivity (Wildman–Crippen MR) is 57.0 cm³/mol. The van der Waals surface area contributed by atoms with E-state index >= 15 is 0 Å². The monoisotopic (exact) mass is 213 g/mol. The molecule has 1 heterocycles. The van der Waals surface area contributed by atoms with E-state index in [-0.39, 0.29) is 5.97 Å². The van der Waals surface area contributed by atoms with Gasteiger partial charge in [0.2, 0.25) is 0 Å². The van der Waals surface area contributed by atoms with E-state index in [0.29, 0.717) is 19.6 Å². The molecule has 4 heteroatoms. The van der Waals surface area contributed by atoms with Gasteiger partial charge in [0, 0.05) is 11.3 Å². The van der Waals surface area contributed by atoms with E-state index in [1.807, 2.05) is 17.5 Å². The number of ether oxygens (including phenoxy) is 1. The van der Waals surface area contributed by atoms with Crippen molar-refractivity contribution in [1.29, 1.82) is 0 Å². The molecule has 0 saturated carbocycles. The molecule has 0 bridgehead atoms. The van der Waals surface area contributed by atoms with Crippen LogP contribution in [0.25, 0.3) is 0 Å². The van der Waals surface area contributed by atoms with Crippen molar-refractivity contribution in [2.24, 2.45) is 5.73 Å². The van der Waals surface area contributed by atoms with Gasteiger partial charge in [0.05, 0.1) is 0 Å². The second-order valence-corrected chi connectivity index (χ2v) is 4.02. The first-order chi connectivity index (χ1) is 6.83. The Balaban J connectivity index is 2.09. The molecule has 1 rings (SSSR count). The second-order valence-electron chi connectivity index (χ2n) is 2.99. The van der Waals surface area contributed by atoms with Crippen molar-refractivity contribution < 1.29 is 9.53 Å². The van der Waals surface area contributed by atoms with Crippen molar-refractivity contribution in [3.05, 3.63) is 22.4 Å². The molecular formula is C10H15NO2S. The standard InChI is InChI=1S/C10H15NO2S/c11-6-2-1-5-10(12)13-8-9-4-3-7-14-9/h3-4,7H,1-2,5-6,8,11H2. The van der Waals surface area contributed by atoms with Crippen LogP contribution in [0.15, 0.2) is 17.5 Å². The van der Waals surface area contributed by atoms with E-state index in [1.54, 1.807) is 11.3 Å². The van der Waals surface area contributed by atoms with Crippen molar-refractivity contribution in [2.75, 3.05) is 6.54 Å². The quantitative estimate of drug-likeness (QED) is 0.580. The molecule has 1 aromatic rings.